The Bertz CT molecular complexity index is 230. The van der Waals surface area contributed by atoms with Crippen molar-refractivity contribution in [2.24, 2.45) is 5.92 Å². The second-order valence-electron chi connectivity index (χ2n) is 4.71. The molecule has 1 saturated heterocycles. The number of aliphatic hydroxyl groups excluding tert-OH is 1. The fraction of sp³-hybridized carbons (Fsp3) is 0.917. The Morgan fingerprint density at radius 3 is 2.75 bits per heavy atom. The first-order chi connectivity index (χ1) is 7.54. The van der Waals surface area contributed by atoms with Crippen LogP contribution < -0.4 is 0 Å². The van der Waals surface area contributed by atoms with Crippen molar-refractivity contribution in [3.8, 4) is 0 Å². The molecule has 0 aromatic carbocycles. The van der Waals surface area contributed by atoms with Gasteiger partial charge in [-0.25, -0.2) is 0 Å². The van der Waals surface area contributed by atoms with Gasteiger partial charge in [0, 0.05) is 32.5 Å². The van der Waals surface area contributed by atoms with E-state index in [0.29, 0.717) is 13.0 Å². The van der Waals surface area contributed by atoms with Gasteiger partial charge in [-0.1, -0.05) is 0 Å². The van der Waals surface area contributed by atoms with Crippen molar-refractivity contribution >= 4 is 5.91 Å². The summed E-state index contributed by atoms with van der Waals surface area (Å²) in [5.41, 5.74) is 0. The number of carbonyl (C=O) groups is 1. The van der Waals surface area contributed by atoms with Crippen LogP contribution in [0.1, 0.15) is 33.1 Å². The number of aliphatic hydroxyl groups is 1. The number of methoxy groups -OCH3 is 1. The lowest BCUT2D eigenvalue weighted by Crippen LogP contribution is -2.30. The minimum absolute atomic E-state index is 0.138. The molecule has 0 aliphatic carbocycles. The van der Waals surface area contributed by atoms with Gasteiger partial charge in [-0.2, -0.15) is 0 Å². The van der Waals surface area contributed by atoms with E-state index in [1.54, 1.807) is 14.0 Å². The summed E-state index contributed by atoms with van der Waals surface area (Å²) in [7, 11) is 1.66. The minimum atomic E-state index is -0.310. The van der Waals surface area contributed by atoms with Crippen molar-refractivity contribution in [3.63, 3.8) is 0 Å². The number of carbonyl (C=O) groups excluding carboxylic acids is 1. The predicted octanol–water partition coefficient (Wildman–Crippen LogP) is 1.03. The van der Waals surface area contributed by atoms with Crippen molar-refractivity contribution in [1.29, 1.82) is 0 Å². The van der Waals surface area contributed by atoms with Gasteiger partial charge in [0.25, 0.3) is 0 Å². The van der Waals surface area contributed by atoms with E-state index in [-0.39, 0.29) is 24.0 Å². The van der Waals surface area contributed by atoms with Crippen LogP contribution in [0, 0.1) is 5.92 Å². The van der Waals surface area contributed by atoms with Gasteiger partial charge >= 0.3 is 0 Å². The summed E-state index contributed by atoms with van der Waals surface area (Å²) in [4.78, 5) is 13.7. The summed E-state index contributed by atoms with van der Waals surface area (Å²) >= 11 is 0. The van der Waals surface area contributed by atoms with Crippen molar-refractivity contribution in [1.82, 2.24) is 4.90 Å². The zero-order valence-electron chi connectivity index (χ0n) is 10.5. The summed E-state index contributed by atoms with van der Waals surface area (Å²) < 4.78 is 5.11. The van der Waals surface area contributed by atoms with Crippen LogP contribution in [-0.2, 0) is 9.53 Å². The molecular formula is C12H23NO3. The molecule has 0 spiro atoms. The maximum atomic E-state index is 11.8. The molecular weight excluding hydrogens is 206 g/mol. The Morgan fingerprint density at radius 1 is 1.56 bits per heavy atom. The summed E-state index contributed by atoms with van der Waals surface area (Å²) in [5.74, 6) is 0.441. The van der Waals surface area contributed by atoms with E-state index in [1.165, 1.54) is 0 Å². The number of hydrogen-bond acceptors (Lipinski definition) is 3. The number of amides is 1. The lowest BCUT2D eigenvalue weighted by Gasteiger charge is -2.18. The quantitative estimate of drug-likeness (QED) is 0.766. The highest BCUT2D eigenvalue weighted by Crippen LogP contribution is 2.20. The van der Waals surface area contributed by atoms with Gasteiger partial charge in [-0.15, -0.1) is 0 Å². The van der Waals surface area contributed by atoms with Crippen molar-refractivity contribution in [2.75, 3.05) is 20.2 Å². The smallest absolute Gasteiger partial charge is 0.222 e. The number of rotatable bonds is 5. The summed E-state index contributed by atoms with van der Waals surface area (Å²) in [6, 6.07) is 0. The fourth-order valence-corrected chi connectivity index (χ4v) is 2.01. The highest BCUT2D eigenvalue weighted by Gasteiger charge is 2.28. The maximum absolute atomic E-state index is 11.8. The molecule has 0 aromatic heterocycles. The highest BCUT2D eigenvalue weighted by molar-refractivity contribution is 5.76. The number of nitrogens with zero attached hydrogens (tertiary/aromatic N) is 1. The van der Waals surface area contributed by atoms with Gasteiger partial charge in [0.05, 0.1) is 12.2 Å². The van der Waals surface area contributed by atoms with E-state index in [0.717, 1.165) is 19.4 Å². The normalized spacial score (nSPS) is 24.5. The van der Waals surface area contributed by atoms with Crippen LogP contribution in [0.2, 0.25) is 0 Å². The van der Waals surface area contributed by atoms with Crippen LogP contribution >= 0.6 is 0 Å². The second kappa shape index (κ2) is 6.21. The Morgan fingerprint density at radius 2 is 2.25 bits per heavy atom. The zero-order chi connectivity index (χ0) is 12.1. The highest BCUT2D eigenvalue weighted by atomic mass is 16.5. The number of likely N-dealkylation sites (tertiary alicyclic amines) is 1. The molecule has 4 nitrogen and oxygen atoms in total. The molecule has 94 valence electrons. The molecule has 1 fully saturated rings. The molecule has 4 heteroatoms. The Balaban J connectivity index is 2.28. The predicted molar refractivity (Wildman–Crippen MR) is 62.1 cm³/mol. The van der Waals surface area contributed by atoms with Gasteiger partial charge in [0.15, 0.2) is 0 Å². The van der Waals surface area contributed by atoms with E-state index in [9.17, 15) is 9.90 Å². The first-order valence-corrected chi connectivity index (χ1v) is 6.03. The molecule has 1 aliphatic rings. The molecule has 1 N–H and O–H groups in total. The van der Waals surface area contributed by atoms with Crippen LogP contribution in [0.25, 0.3) is 0 Å². The van der Waals surface area contributed by atoms with Crippen molar-refractivity contribution in [2.45, 2.75) is 45.3 Å². The third kappa shape index (κ3) is 3.76. The van der Waals surface area contributed by atoms with Gasteiger partial charge in [-0.05, 0) is 26.7 Å². The maximum Gasteiger partial charge on any atom is 0.222 e. The molecule has 0 aromatic rings. The molecule has 3 unspecified atom stereocenters. The van der Waals surface area contributed by atoms with Crippen LogP contribution in [0.5, 0.6) is 0 Å². The van der Waals surface area contributed by atoms with Crippen LogP contribution in [0.15, 0.2) is 0 Å². The third-order valence-electron chi connectivity index (χ3n) is 3.43. The van der Waals surface area contributed by atoms with Crippen molar-refractivity contribution in [3.05, 3.63) is 0 Å². The molecule has 1 aliphatic heterocycles. The SMILES string of the molecule is COC(C)CCC(=O)N1CCC(C(C)O)C1. The van der Waals surface area contributed by atoms with E-state index in [2.05, 4.69) is 0 Å². The standard InChI is InChI=1S/C12H23NO3/c1-9(16-3)4-5-12(15)13-7-6-11(8-13)10(2)14/h9-11,14H,4-8H2,1-3H3. The lowest BCUT2D eigenvalue weighted by atomic mass is 10.0. The molecule has 0 saturated carbocycles. The Hall–Kier alpha value is -0.610. The summed E-state index contributed by atoms with van der Waals surface area (Å²) in [6.07, 6.45) is 2.06. The monoisotopic (exact) mass is 229 g/mol. The molecule has 1 amide bonds. The molecule has 0 bridgehead atoms. The molecule has 1 heterocycles. The molecule has 16 heavy (non-hydrogen) atoms. The van der Waals surface area contributed by atoms with Crippen LogP contribution in [0.3, 0.4) is 0 Å². The largest absolute Gasteiger partial charge is 0.393 e. The molecule has 3 atom stereocenters. The fourth-order valence-electron chi connectivity index (χ4n) is 2.01. The number of ether oxygens (including phenoxy) is 1. The molecule has 0 radical (unpaired) electrons. The van der Waals surface area contributed by atoms with Crippen LogP contribution in [0.4, 0.5) is 0 Å². The Kier molecular flexibility index (Phi) is 5.22. The zero-order valence-corrected chi connectivity index (χ0v) is 10.5. The van der Waals surface area contributed by atoms with E-state index in [1.807, 2.05) is 11.8 Å². The van der Waals surface area contributed by atoms with Crippen LogP contribution in [-0.4, -0.2) is 48.3 Å². The van der Waals surface area contributed by atoms with Gasteiger partial charge < -0.3 is 14.7 Å². The first-order valence-electron chi connectivity index (χ1n) is 6.03. The van der Waals surface area contributed by atoms with Gasteiger partial charge in [-0.3, -0.25) is 4.79 Å². The minimum Gasteiger partial charge on any atom is -0.393 e. The van der Waals surface area contributed by atoms with Gasteiger partial charge in [0.1, 0.15) is 0 Å². The first kappa shape index (κ1) is 13.5. The van der Waals surface area contributed by atoms with E-state index in [4.69, 9.17) is 4.74 Å². The summed E-state index contributed by atoms with van der Waals surface area (Å²) in [6.45, 7) is 5.26. The Labute approximate surface area is 97.6 Å². The summed E-state index contributed by atoms with van der Waals surface area (Å²) in [5, 5.41) is 9.45. The topological polar surface area (TPSA) is 49.8 Å². The second-order valence-corrected chi connectivity index (χ2v) is 4.71. The van der Waals surface area contributed by atoms with Crippen molar-refractivity contribution < 1.29 is 14.6 Å². The lowest BCUT2D eigenvalue weighted by molar-refractivity contribution is -0.131. The average molecular weight is 229 g/mol. The van der Waals surface area contributed by atoms with E-state index >= 15 is 0 Å². The van der Waals surface area contributed by atoms with E-state index < -0.39 is 0 Å². The van der Waals surface area contributed by atoms with Gasteiger partial charge in [0.2, 0.25) is 5.91 Å². The third-order valence-corrected chi connectivity index (χ3v) is 3.43. The average Bonchev–Trinajstić information content (AvgIpc) is 2.74. The molecule has 1 rings (SSSR count). The number of hydrogen-bond donors (Lipinski definition) is 1.